The van der Waals surface area contributed by atoms with Crippen LogP contribution in [0.3, 0.4) is 0 Å². The molecule has 2 aromatic carbocycles. The van der Waals surface area contributed by atoms with Gasteiger partial charge in [0.15, 0.2) is 0 Å². The lowest BCUT2D eigenvalue weighted by molar-refractivity contribution is -0.384. The second kappa shape index (κ2) is 6.93. The van der Waals surface area contributed by atoms with Crippen molar-refractivity contribution in [2.45, 2.75) is 24.7 Å². The fraction of sp³-hybridized carbons (Fsp3) is 0.316. The smallest absolute Gasteiger partial charge is 0.270 e. The van der Waals surface area contributed by atoms with E-state index in [1.807, 2.05) is 18.2 Å². The van der Waals surface area contributed by atoms with Crippen LogP contribution in [-0.2, 0) is 5.41 Å². The van der Waals surface area contributed by atoms with E-state index in [4.69, 9.17) is 4.74 Å². The fourth-order valence-electron chi connectivity index (χ4n) is 3.29. The Balaban J connectivity index is 1.78. The van der Waals surface area contributed by atoms with Gasteiger partial charge in [-0.15, -0.1) is 0 Å². The molecule has 0 spiro atoms. The number of carbonyl (C=O) groups excluding carboxylic acids is 1. The molecule has 0 heterocycles. The van der Waals surface area contributed by atoms with Crippen molar-refractivity contribution in [3.63, 3.8) is 0 Å². The molecule has 1 N–H and O–H groups in total. The first-order chi connectivity index (χ1) is 12.1. The summed E-state index contributed by atoms with van der Waals surface area (Å²) in [6.07, 6.45) is 3.16. The molecule has 1 amide bonds. The van der Waals surface area contributed by atoms with Gasteiger partial charge in [-0.3, -0.25) is 14.9 Å². The number of nitro groups is 1. The Labute approximate surface area is 146 Å². The molecule has 0 aliphatic heterocycles. The molecule has 6 nitrogen and oxygen atoms in total. The third-order valence-electron chi connectivity index (χ3n) is 4.92. The van der Waals surface area contributed by atoms with Crippen molar-refractivity contribution in [1.29, 1.82) is 0 Å². The molecule has 1 aliphatic rings. The van der Waals surface area contributed by atoms with Crippen LogP contribution >= 0.6 is 0 Å². The van der Waals surface area contributed by atoms with Crippen LogP contribution < -0.4 is 10.1 Å². The Hall–Kier alpha value is -2.89. The molecule has 0 saturated heterocycles. The summed E-state index contributed by atoms with van der Waals surface area (Å²) in [5, 5.41) is 13.9. The molecule has 3 rings (SSSR count). The van der Waals surface area contributed by atoms with Crippen molar-refractivity contribution >= 4 is 11.6 Å². The van der Waals surface area contributed by atoms with Crippen molar-refractivity contribution in [3.05, 3.63) is 69.8 Å². The molecule has 2 aromatic rings. The van der Waals surface area contributed by atoms with E-state index in [1.165, 1.54) is 30.9 Å². The highest BCUT2D eigenvalue weighted by atomic mass is 16.6. The van der Waals surface area contributed by atoms with Crippen molar-refractivity contribution in [2.24, 2.45) is 0 Å². The zero-order valence-electron chi connectivity index (χ0n) is 14.0. The molecular formula is C19H20N2O4. The molecule has 1 fully saturated rings. The van der Waals surface area contributed by atoms with E-state index in [2.05, 4.69) is 17.4 Å². The zero-order chi connectivity index (χ0) is 17.9. The summed E-state index contributed by atoms with van der Waals surface area (Å²) in [7, 11) is 1.44. The molecule has 1 aliphatic carbocycles. The van der Waals surface area contributed by atoms with Crippen LogP contribution in [0, 0.1) is 10.1 Å². The second-order valence-corrected chi connectivity index (χ2v) is 6.32. The van der Waals surface area contributed by atoms with E-state index in [0.29, 0.717) is 12.3 Å². The molecule has 1 saturated carbocycles. The van der Waals surface area contributed by atoms with E-state index in [-0.39, 0.29) is 22.6 Å². The Morgan fingerprint density at radius 2 is 1.96 bits per heavy atom. The molecule has 25 heavy (non-hydrogen) atoms. The van der Waals surface area contributed by atoms with Crippen LogP contribution in [0.15, 0.2) is 48.5 Å². The van der Waals surface area contributed by atoms with E-state index in [0.717, 1.165) is 19.3 Å². The van der Waals surface area contributed by atoms with Gasteiger partial charge < -0.3 is 10.1 Å². The largest absolute Gasteiger partial charge is 0.496 e. The van der Waals surface area contributed by atoms with Crippen LogP contribution in [0.25, 0.3) is 0 Å². The molecule has 130 valence electrons. The first-order valence-corrected chi connectivity index (χ1v) is 8.22. The lowest BCUT2D eigenvalue weighted by atomic mass is 9.64. The lowest BCUT2D eigenvalue weighted by Gasteiger charge is -2.42. The van der Waals surface area contributed by atoms with Crippen LogP contribution in [0.1, 0.15) is 35.2 Å². The summed E-state index contributed by atoms with van der Waals surface area (Å²) in [6, 6.07) is 14.2. The van der Waals surface area contributed by atoms with E-state index in [9.17, 15) is 14.9 Å². The lowest BCUT2D eigenvalue weighted by Crippen LogP contribution is -2.45. The second-order valence-electron chi connectivity index (χ2n) is 6.32. The van der Waals surface area contributed by atoms with E-state index in [1.54, 1.807) is 0 Å². The van der Waals surface area contributed by atoms with Gasteiger partial charge in [0, 0.05) is 24.1 Å². The minimum Gasteiger partial charge on any atom is -0.496 e. The predicted molar refractivity (Wildman–Crippen MR) is 94.0 cm³/mol. The maximum atomic E-state index is 12.6. The summed E-state index contributed by atoms with van der Waals surface area (Å²) >= 11 is 0. The molecule has 6 heteroatoms. The molecular weight excluding hydrogens is 320 g/mol. The third kappa shape index (κ3) is 3.33. The van der Waals surface area contributed by atoms with Gasteiger partial charge >= 0.3 is 0 Å². The Morgan fingerprint density at radius 1 is 1.24 bits per heavy atom. The molecule has 0 aromatic heterocycles. The summed E-state index contributed by atoms with van der Waals surface area (Å²) in [5.74, 6) is -0.0340. The number of non-ortho nitro benzene ring substituents is 1. The number of hydrogen-bond acceptors (Lipinski definition) is 4. The average molecular weight is 340 g/mol. The van der Waals surface area contributed by atoms with Crippen molar-refractivity contribution < 1.29 is 14.5 Å². The summed E-state index contributed by atoms with van der Waals surface area (Å²) in [4.78, 5) is 23.0. The Kier molecular flexibility index (Phi) is 4.70. The van der Waals surface area contributed by atoms with Crippen molar-refractivity contribution in [3.8, 4) is 5.75 Å². The number of methoxy groups -OCH3 is 1. The monoisotopic (exact) mass is 340 g/mol. The molecule has 0 radical (unpaired) electrons. The number of hydrogen-bond donors (Lipinski definition) is 1. The standard InChI is InChI=1S/C19H20N2O4/c1-25-17-9-8-15(21(23)24)12-16(17)18(22)20-13-19(10-5-11-19)14-6-3-2-4-7-14/h2-4,6-9,12H,5,10-11,13H2,1H3,(H,20,22). The quantitative estimate of drug-likeness (QED) is 0.645. The fourth-order valence-corrected chi connectivity index (χ4v) is 3.29. The number of amides is 1. The molecule has 0 unspecified atom stereocenters. The van der Waals surface area contributed by atoms with Gasteiger partial charge in [-0.2, -0.15) is 0 Å². The number of rotatable bonds is 6. The summed E-state index contributed by atoms with van der Waals surface area (Å²) < 4.78 is 5.17. The SMILES string of the molecule is COc1ccc([N+](=O)[O-])cc1C(=O)NCC1(c2ccccc2)CCC1. The first kappa shape index (κ1) is 17.0. The number of nitrogens with one attached hydrogen (secondary N) is 1. The van der Waals surface area contributed by atoms with Gasteiger partial charge in [0.2, 0.25) is 0 Å². The highest BCUT2D eigenvalue weighted by Gasteiger charge is 2.38. The maximum absolute atomic E-state index is 12.6. The zero-order valence-corrected chi connectivity index (χ0v) is 14.0. The highest BCUT2D eigenvalue weighted by Crippen LogP contribution is 2.43. The topological polar surface area (TPSA) is 81.5 Å². The average Bonchev–Trinajstić information content (AvgIpc) is 2.61. The number of ether oxygens (including phenoxy) is 1. The van der Waals surface area contributed by atoms with Crippen LogP contribution in [-0.4, -0.2) is 24.5 Å². The highest BCUT2D eigenvalue weighted by molar-refractivity contribution is 5.97. The van der Waals surface area contributed by atoms with Gasteiger partial charge in [-0.25, -0.2) is 0 Å². The molecule has 0 bridgehead atoms. The van der Waals surface area contributed by atoms with Gasteiger partial charge in [0.05, 0.1) is 17.6 Å². The first-order valence-electron chi connectivity index (χ1n) is 8.22. The van der Waals surface area contributed by atoms with Crippen LogP contribution in [0.4, 0.5) is 5.69 Å². The van der Waals surface area contributed by atoms with Crippen molar-refractivity contribution in [1.82, 2.24) is 5.32 Å². The summed E-state index contributed by atoms with van der Waals surface area (Å²) in [5.41, 5.74) is 1.21. The van der Waals surface area contributed by atoms with Gasteiger partial charge in [0.1, 0.15) is 5.75 Å². The van der Waals surface area contributed by atoms with E-state index < -0.39 is 4.92 Å². The van der Waals surface area contributed by atoms with Crippen molar-refractivity contribution in [2.75, 3.05) is 13.7 Å². The number of nitro benzene ring substituents is 1. The van der Waals surface area contributed by atoms with Crippen LogP contribution in [0.2, 0.25) is 0 Å². The minimum absolute atomic E-state index is 0.0507. The van der Waals surface area contributed by atoms with Gasteiger partial charge in [-0.05, 0) is 24.5 Å². The van der Waals surface area contributed by atoms with E-state index >= 15 is 0 Å². The minimum atomic E-state index is -0.520. The number of carbonyl (C=O) groups is 1. The van der Waals surface area contributed by atoms with Gasteiger partial charge in [0.25, 0.3) is 11.6 Å². The number of benzene rings is 2. The predicted octanol–water partition coefficient (Wildman–Crippen LogP) is 3.46. The maximum Gasteiger partial charge on any atom is 0.270 e. The van der Waals surface area contributed by atoms with Gasteiger partial charge in [-0.1, -0.05) is 36.8 Å². The Bertz CT molecular complexity index is 785. The number of nitrogens with zero attached hydrogens (tertiary/aromatic N) is 1. The third-order valence-corrected chi connectivity index (χ3v) is 4.92. The van der Waals surface area contributed by atoms with Crippen LogP contribution in [0.5, 0.6) is 5.75 Å². The normalized spacial score (nSPS) is 15.1. The Morgan fingerprint density at radius 3 is 2.52 bits per heavy atom. The summed E-state index contributed by atoms with van der Waals surface area (Å²) in [6.45, 7) is 0.502. The molecule has 0 atom stereocenters.